The van der Waals surface area contributed by atoms with E-state index in [-0.39, 0.29) is 0 Å². The van der Waals surface area contributed by atoms with Crippen LogP contribution in [0.2, 0.25) is 0 Å². The van der Waals surface area contributed by atoms with Crippen LogP contribution < -0.4 is 4.74 Å². The van der Waals surface area contributed by atoms with Gasteiger partial charge < -0.3 is 4.74 Å². The van der Waals surface area contributed by atoms with Crippen molar-refractivity contribution < 1.29 is 4.74 Å². The molecule has 1 heteroatoms. The fourth-order valence-corrected chi connectivity index (χ4v) is 1.51. The van der Waals surface area contributed by atoms with Crippen molar-refractivity contribution in [1.29, 1.82) is 0 Å². The lowest BCUT2D eigenvalue weighted by atomic mass is 10.2. The largest absolute Gasteiger partial charge is 0.497 e. The molecule has 1 rings (SSSR count). The van der Waals surface area contributed by atoms with E-state index in [1.54, 1.807) is 7.11 Å². The van der Waals surface area contributed by atoms with Crippen LogP contribution in [0.5, 0.6) is 5.75 Å². The van der Waals surface area contributed by atoms with E-state index in [0.717, 1.165) is 5.75 Å². The summed E-state index contributed by atoms with van der Waals surface area (Å²) < 4.78 is 5.11. The van der Waals surface area contributed by atoms with Gasteiger partial charge >= 0.3 is 0 Å². The summed E-state index contributed by atoms with van der Waals surface area (Å²) >= 11 is 0. The van der Waals surface area contributed by atoms with Gasteiger partial charge in [-0.25, -0.2) is 0 Å². The Morgan fingerprint density at radius 1 is 1.00 bits per heavy atom. The predicted octanol–water partition coefficient (Wildman–Crippen LogP) is 5.01. The molecule has 0 aromatic heterocycles. The summed E-state index contributed by atoms with van der Waals surface area (Å²) in [7, 11) is 1.68. The van der Waals surface area contributed by atoms with Gasteiger partial charge in [0.05, 0.1) is 7.11 Å². The summed E-state index contributed by atoms with van der Waals surface area (Å²) in [5.74, 6) is 0.890. The number of allylic oxidation sites excluding steroid dienone is 5. The zero-order chi connectivity index (χ0) is 13.1. The van der Waals surface area contributed by atoms with Crippen molar-refractivity contribution in [2.45, 2.75) is 26.2 Å². The molecule has 0 spiro atoms. The Morgan fingerprint density at radius 3 is 2.39 bits per heavy atom. The molecule has 0 fully saturated rings. The summed E-state index contributed by atoms with van der Waals surface area (Å²) in [6.45, 7) is 2.21. The molecule has 0 aliphatic heterocycles. The molecule has 1 aromatic rings. The smallest absolute Gasteiger partial charge is 0.118 e. The molecule has 0 saturated heterocycles. The highest BCUT2D eigenvalue weighted by atomic mass is 16.5. The highest BCUT2D eigenvalue weighted by Gasteiger charge is 1.88. The fourth-order valence-electron chi connectivity index (χ4n) is 1.51. The summed E-state index contributed by atoms with van der Waals surface area (Å²) in [5.41, 5.74) is 1.18. The Labute approximate surface area is 110 Å². The van der Waals surface area contributed by atoms with Crippen LogP contribution in [0.1, 0.15) is 31.7 Å². The second kappa shape index (κ2) is 9.29. The minimum Gasteiger partial charge on any atom is -0.497 e. The van der Waals surface area contributed by atoms with Crippen LogP contribution in [0.4, 0.5) is 0 Å². The van der Waals surface area contributed by atoms with Crippen LogP contribution in [0.15, 0.2) is 54.6 Å². The van der Waals surface area contributed by atoms with E-state index in [2.05, 4.69) is 31.2 Å². The number of benzene rings is 1. The number of hydrogen-bond donors (Lipinski definition) is 0. The van der Waals surface area contributed by atoms with E-state index >= 15 is 0 Å². The lowest BCUT2D eigenvalue weighted by molar-refractivity contribution is 0.415. The van der Waals surface area contributed by atoms with E-state index in [4.69, 9.17) is 4.74 Å². The number of unbranched alkanes of at least 4 members (excludes halogenated alkanes) is 2. The Balaban J connectivity index is 2.35. The van der Waals surface area contributed by atoms with Gasteiger partial charge in [-0.15, -0.1) is 0 Å². The molecule has 0 saturated carbocycles. The van der Waals surface area contributed by atoms with Crippen molar-refractivity contribution in [3.05, 3.63) is 60.2 Å². The first kappa shape index (κ1) is 14.3. The van der Waals surface area contributed by atoms with Gasteiger partial charge in [0.15, 0.2) is 0 Å². The van der Waals surface area contributed by atoms with E-state index in [1.807, 2.05) is 36.4 Å². The molecule has 18 heavy (non-hydrogen) atoms. The summed E-state index contributed by atoms with van der Waals surface area (Å²) in [6.07, 6.45) is 16.2. The minimum absolute atomic E-state index is 0.890. The van der Waals surface area contributed by atoms with Crippen molar-refractivity contribution in [3.63, 3.8) is 0 Å². The normalized spacial score (nSPS) is 11.9. The maximum absolute atomic E-state index is 5.11. The third kappa shape index (κ3) is 6.09. The molecule has 1 aromatic carbocycles. The van der Waals surface area contributed by atoms with Crippen LogP contribution in [-0.2, 0) is 0 Å². The van der Waals surface area contributed by atoms with E-state index in [9.17, 15) is 0 Å². The quantitative estimate of drug-likeness (QED) is 0.482. The molecule has 1 nitrogen and oxygen atoms in total. The van der Waals surface area contributed by atoms with Crippen molar-refractivity contribution in [2.24, 2.45) is 0 Å². The van der Waals surface area contributed by atoms with E-state index in [0.29, 0.717) is 0 Å². The van der Waals surface area contributed by atoms with Gasteiger partial charge in [-0.3, -0.25) is 0 Å². The summed E-state index contributed by atoms with van der Waals surface area (Å²) in [5, 5.41) is 0. The Kier molecular flexibility index (Phi) is 7.38. The third-order valence-electron chi connectivity index (χ3n) is 2.60. The SMILES string of the molecule is CCCC/C=C/C=C/C=C/c1ccc(OC)cc1. The number of hydrogen-bond acceptors (Lipinski definition) is 1. The molecule has 0 aliphatic carbocycles. The molecule has 0 aliphatic rings. The van der Waals surface area contributed by atoms with Gasteiger partial charge in [0.25, 0.3) is 0 Å². The van der Waals surface area contributed by atoms with E-state index < -0.39 is 0 Å². The first-order valence-corrected chi connectivity index (χ1v) is 6.50. The van der Waals surface area contributed by atoms with Crippen molar-refractivity contribution in [3.8, 4) is 5.75 Å². The average Bonchev–Trinajstić information content (AvgIpc) is 2.42. The molecule has 0 radical (unpaired) electrons. The van der Waals surface area contributed by atoms with Gasteiger partial charge in [0.2, 0.25) is 0 Å². The predicted molar refractivity (Wildman–Crippen MR) is 79.8 cm³/mol. The minimum atomic E-state index is 0.890. The molecular weight excluding hydrogens is 220 g/mol. The molecule has 96 valence electrons. The number of ether oxygens (including phenoxy) is 1. The summed E-state index contributed by atoms with van der Waals surface area (Å²) in [4.78, 5) is 0. The standard InChI is InChI=1S/C17H22O/c1-3-4-5-6-7-8-9-10-11-16-12-14-17(18-2)15-13-16/h6-15H,3-5H2,1-2H3/b7-6+,9-8+,11-10+. The first-order chi connectivity index (χ1) is 8.86. The van der Waals surface area contributed by atoms with Crippen LogP contribution >= 0.6 is 0 Å². The number of rotatable bonds is 7. The molecular formula is C17H22O. The molecule has 0 atom stereocenters. The van der Waals surface area contributed by atoms with Gasteiger partial charge in [0, 0.05) is 0 Å². The maximum atomic E-state index is 5.11. The zero-order valence-electron chi connectivity index (χ0n) is 11.3. The van der Waals surface area contributed by atoms with Gasteiger partial charge in [0.1, 0.15) is 5.75 Å². The molecule has 0 unspecified atom stereocenters. The van der Waals surface area contributed by atoms with Gasteiger partial charge in [-0.05, 0) is 24.1 Å². The second-order valence-electron chi connectivity index (χ2n) is 4.09. The second-order valence-corrected chi connectivity index (χ2v) is 4.09. The fraction of sp³-hybridized carbons (Fsp3) is 0.294. The van der Waals surface area contributed by atoms with Gasteiger partial charge in [-0.1, -0.05) is 68.4 Å². The molecule has 0 heterocycles. The van der Waals surface area contributed by atoms with Crippen LogP contribution in [0, 0.1) is 0 Å². The highest BCUT2D eigenvalue weighted by Crippen LogP contribution is 2.12. The molecule has 0 amide bonds. The maximum Gasteiger partial charge on any atom is 0.118 e. The van der Waals surface area contributed by atoms with Gasteiger partial charge in [-0.2, -0.15) is 0 Å². The Hall–Kier alpha value is -1.76. The highest BCUT2D eigenvalue weighted by molar-refractivity contribution is 5.52. The van der Waals surface area contributed by atoms with Crippen LogP contribution in [0.25, 0.3) is 6.08 Å². The van der Waals surface area contributed by atoms with Crippen molar-refractivity contribution >= 4 is 6.08 Å². The monoisotopic (exact) mass is 242 g/mol. The summed E-state index contributed by atoms with van der Waals surface area (Å²) in [6, 6.07) is 8.02. The zero-order valence-corrected chi connectivity index (χ0v) is 11.3. The molecule has 0 bridgehead atoms. The molecule has 0 N–H and O–H groups in total. The van der Waals surface area contributed by atoms with Crippen molar-refractivity contribution in [2.75, 3.05) is 7.11 Å². The topological polar surface area (TPSA) is 9.23 Å². The van der Waals surface area contributed by atoms with Crippen LogP contribution in [-0.4, -0.2) is 7.11 Å². The van der Waals surface area contributed by atoms with E-state index in [1.165, 1.54) is 24.8 Å². The Bertz CT molecular complexity index is 396. The van der Waals surface area contributed by atoms with Crippen LogP contribution in [0.3, 0.4) is 0 Å². The third-order valence-corrected chi connectivity index (χ3v) is 2.60. The van der Waals surface area contributed by atoms with Crippen molar-refractivity contribution in [1.82, 2.24) is 0 Å². The number of methoxy groups -OCH3 is 1. The Morgan fingerprint density at radius 2 is 1.72 bits per heavy atom. The first-order valence-electron chi connectivity index (χ1n) is 6.50. The lowest BCUT2D eigenvalue weighted by Crippen LogP contribution is -1.81. The lowest BCUT2D eigenvalue weighted by Gasteiger charge is -1.98. The average molecular weight is 242 g/mol.